The second-order valence-electron chi connectivity index (χ2n) is 5.84. The molecule has 0 aromatic carbocycles. The van der Waals surface area contributed by atoms with Gasteiger partial charge in [-0.15, -0.1) is 11.3 Å². The van der Waals surface area contributed by atoms with Crippen molar-refractivity contribution in [1.29, 1.82) is 0 Å². The molecule has 3 heterocycles. The third-order valence-electron chi connectivity index (χ3n) is 4.09. The Balaban J connectivity index is 1.63. The van der Waals surface area contributed by atoms with Crippen molar-refractivity contribution < 1.29 is 13.2 Å². The lowest BCUT2D eigenvalue weighted by Gasteiger charge is -2.30. The summed E-state index contributed by atoms with van der Waals surface area (Å²) in [5.74, 6) is -0.445. The monoisotopic (exact) mass is 443 g/mol. The number of piperidine rings is 1. The topological polar surface area (TPSA) is 79.4 Å². The van der Waals surface area contributed by atoms with Crippen LogP contribution in [0.15, 0.2) is 44.7 Å². The van der Waals surface area contributed by atoms with E-state index in [-0.39, 0.29) is 18.4 Å². The van der Waals surface area contributed by atoms with Gasteiger partial charge in [0.1, 0.15) is 4.21 Å². The van der Waals surface area contributed by atoms with E-state index in [2.05, 4.69) is 26.2 Å². The van der Waals surface area contributed by atoms with Crippen LogP contribution in [-0.2, 0) is 21.4 Å². The van der Waals surface area contributed by atoms with Crippen molar-refractivity contribution in [2.45, 2.75) is 23.6 Å². The Morgan fingerprint density at radius 3 is 2.92 bits per heavy atom. The van der Waals surface area contributed by atoms with Crippen LogP contribution in [0.4, 0.5) is 0 Å². The molecule has 0 unspecified atom stereocenters. The van der Waals surface area contributed by atoms with E-state index in [1.165, 1.54) is 15.6 Å². The van der Waals surface area contributed by atoms with Gasteiger partial charge < -0.3 is 5.32 Å². The van der Waals surface area contributed by atoms with Gasteiger partial charge in [0, 0.05) is 32.0 Å². The molecular formula is C16H18BrN3O3S2. The molecule has 134 valence electrons. The van der Waals surface area contributed by atoms with Crippen LogP contribution < -0.4 is 5.32 Å². The number of amides is 1. The number of sulfonamides is 1. The first-order chi connectivity index (χ1) is 12.0. The molecule has 6 nitrogen and oxygen atoms in total. The van der Waals surface area contributed by atoms with Gasteiger partial charge in [-0.3, -0.25) is 9.78 Å². The van der Waals surface area contributed by atoms with E-state index in [1.54, 1.807) is 24.5 Å². The van der Waals surface area contributed by atoms with Gasteiger partial charge in [-0.2, -0.15) is 4.31 Å². The Morgan fingerprint density at radius 1 is 1.40 bits per heavy atom. The van der Waals surface area contributed by atoms with E-state index in [4.69, 9.17) is 0 Å². The quantitative estimate of drug-likeness (QED) is 0.769. The normalized spacial score (nSPS) is 18.8. The average Bonchev–Trinajstić information content (AvgIpc) is 3.08. The van der Waals surface area contributed by atoms with Gasteiger partial charge in [0.05, 0.1) is 9.70 Å². The van der Waals surface area contributed by atoms with Crippen LogP contribution in [0.2, 0.25) is 0 Å². The SMILES string of the molecule is O=C(NCc1cccnc1)[C@@H]1CCCN(S(=O)(=O)c2ccc(Br)s2)C1. The second-order valence-corrected chi connectivity index (χ2v) is 10.5. The fraction of sp³-hybridized carbons (Fsp3) is 0.375. The maximum Gasteiger partial charge on any atom is 0.252 e. The maximum atomic E-state index is 12.7. The molecule has 1 N–H and O–H groups in total. The number of aromatic nitrogens is 1. The zero-order chi connectivity index (χ0) is 17.9. The van der Waals surface area contributed by atoms with Gasteiger partial charge in [0.25, 0.3) is 10.0 Å². The number of rotatable bonds is 5. The summed E-state index contributed by atoms with van der Waals surface area (Å²) in [6.07, 6.45) is 4.75. The van der Waals surface area contributed by atoms with Crippen LogP contribution in [0.3, 0.4) is 0 Å². The smallest absolute Gasteiger partial charge is 0.252 e. The summed E-state index contributed by atoms with van der Waals surface area (Å²) in [4.78, 5) is 16.4. The van der Waals surface area contributed by atoms with Crippen LogP contribution in [-0.4, -0.2) is 36.7 Å². The van der Waals surface area contributed by atoms with Gasteiger partial charge in [-0.25, -0.2) is 8.42 Å². The van der Waals surface area contributed by atoms with Crippen LogP contribution in [0.5, 0.6) is 0 Å². The molecule has 1 aliphatic heterocycles. The number of halogens is 1. The highest BCUT2D eigenvalue weighted by atomic mass is 79.9. The number of carbonyl (C=O) groups is 1. The fourth-order valence-electron chi connectivity index (χ4n) is 2.77. The largest absolute Gasteiger partial charge is 0.352 e. The van der Waals surface area contributed by atoms with Gasteiger partial charge in [-0.1, -0.05) is 6.07 Å². The van der Waals surface area contributed by atoms with Crippen LogP contribution in [0, 0.1) is 5.92 Å². The molecule has 1 aliphatic rings. The highest BCUT2D eigenvalue weighted by Gasteiger charge is 2.33. The number of nitrogens with one attached hydrogen (secondary N) is 1. The third kappa shape index (κ3) is 4.46. The van der Waals surface area contributed by atoms with E-state index in [0.717, 1.165) is 9.35 Å². The van der Waals surface area contributed by atoms with Gasteiger partial charge in [0.2, 0.25) is 5.91 Å². The molecule has 25 heavy (non-hydrogen) atoms. The number of carbonyl (C=O) groups excluding carboxylic acids is 1. The van der Waals surface area contributed by atoms with Crippen molar-refractivity contribution >= 4 is 43.2 Å². The first kappa shape index (κ1) is 18.5. The molecule has 0 aliphatic carbocycles. The minimum atomic E-state index is -3.54. The fourth-order valence-corrected chi connectivity index (χ4v) is 6.46. The summed E-state index contributed by atoms with van der Waals surface area (Å²) in [5, 5.41) is 2.88. The molecule has 2 aromatic rings. The average molecular weight is 444 g/mol. The minimum absolute atomic E-state index is 0.115. The van der Waals surface area contributed by atoms with Crippen molar-refractivity contribution in [3.63, 3.8) is 0 Å². The molecule has 1 amide bonds. The molecule has 0 spiro atoms. The third-order valence-corrected chi connectivity index (χ3v) is 8.04. The lowest BCUT2D eigenvalue weighted by molar-refractivity contribution is -0.126. The molecule has 1 atom stereocenters. The highest BCUT2D eigenvalue weighted by molar-refractivity contribution is 9.11. The molecular weight excluding hydrogens is 426 g/mol. The molecule has 0 bridgehead atoms. The number of hydrogen-bond donors (Lipinski definition) is 1. The number of thiophene rings is 1. The molecule has 0 radical (unpaired) electrons. The van der Waals surface area contributed by atoms with Crippen molar-refractivity contribution in [1.82, 2.24) is 14.6 Å². The van der Waals surface area contributed by atoms with Gasteiger partial charge >= 0.3 is 0 Å². The van der Waals surface area contributed by atoms with E-state index < -0.39 is 10.0 Å². The highest BCUT2D eigenvalue weighted by Crippen LogP contribution is 2.30. The summed E-state index contributed by atoms with van der Waals surface area (Å²) in [6, 6.07) is 7.02. The number of pyridine rings is 1. The summed E-state index contributed by atoms with van der Waals surface area (Å²) >= 11 is 4.48. The van der Waals surface area contributed by atoms with Gasteiger partial charge in [-0.05, 0) is 52.5 Å². The second kappa shape index (κ2) is 7.94. The van der Waals surface area contributed by atoms with Crippen molar-refractivity contribution in [2.75, 3.05) is 13.1 Å². The Hall–Kier alpha value is -1.29. The van der Waals surface area contributed by atoms with Crippen LogP contribution in [0.1, 0.15) is 18.4 Å². The first-order valence-corrected chi connectivity index (χ1v) is 10.9. The summed E-state index contributed by atoms with van der Waals surface area (Å²) in [7, 11) is -3.54. The zero-order valence-electron chi connectivity index (χ0n) is 13.4. The number of nitrogens with zero attached hydrogens (tertiary/aromatic N) is 2. The maximum absolute atomic E-state index is 12.7. The lowest BCUT2D eigenvalue weighted by Crippen LogP contribution is -2.45. The van der Waals surface area contributed by atoms with Crippen LogP contribution in [0.25, 0.3) is 0 Å². The summed E-state index contributed by atoms with van der Waals surface area (Å²) in [6.45, 7) is 1.06. The Labute approximate surface area is 159 Å². The molecule has 9 heteroatoms. The van der Waals surface area contributed by atoms with Crippen LogP contribution >= 0.6 is 27.3 Å². The standard InChI is InChI=1S/C16H18BrN3O3S2/c17-14-5-6-15(24-14)25(22,23)20-8-2-4-13(11-20)16(21)19-10-12-3-1-7-18-9-12/h1,3,5-7,9,13H,2,4,8,10-11H2,(H,19,21)/t13-/m1/s1. The van der Waals surface area contributed by atoms with Crippen molar-refractivity contribution in [2.24, 2.45) is 5.92 Å². The van der Waals surface area contributed by atoms with Crippen molar-refractivity contribution in [3.8, 4) is 0 Å². The number of hydrogen-bond acceptors (Lipinski definition) is 5. The summed E-state index contributed by atoms with van der Waals surface area (Å²) in [5.41, 5.74) is 0.916. The van der Waals surface area contributed by atoms with E-state index in [1.807, 2.05) is 12.1 Å². The van der Waals surface area contributed by atoms with Crippen molar-refractivity contribution in [3.05, 3.63) is 46.0 Å². The molecule has 0 saturated carbocycles. The molecule has 1 saturated heterocycles. The van der Waals surface area contributed by atoms with Gasteiger partial charge in [0.15, 0.2) is 0 Å². The van der Waals surface area contributed by atoms with E-state index >= 15 is 0 Å². The predicted molar refractivity (Wildman–Crippen MR) is 99.6 cm³/mol. The predicted octanol–water partition coefficient (Wildman–Crippen LogP) is 2.62. The lowest BCUT2D eigenvalue weighted by atomic mass is 9.99. The van der Waals surface area contributed by atoms with E-state index in [0.29, 0.717) is 30.1 Å². The Kier molecular flexibility index (Phi) is 5.88. The Morgan fingerprint density at radius 2 is 2.24 bits per heavy atom. The zero-order valence-corrected chi connectivity index (χ0v) is 16.6. The molecule has 1 fully saturated rings. The Bertz CT molecular complexity index is 839. The first-order valence-electron chi connectivity index (χ1n) is 7.89. The summed E-state index contributed by atoms with van der Waals surface area (Å²) < 4.78 is 27.9. The molecule has 2 aromatic heterocycles. The minimum Gasteiger partial charge on any atom is -0.352 e. The molecule has 3 rings (SSSR count). The van der Waals surface area contributed by atoms with E-state index in [9.17, 15) is 13.2 Å².